The van der Waals surface area contributed by atoms with Gasteiger partial charge in [-0.2, -0.15) is 0 Å². The normalized spacial score (nSPS) is 10.5. The number of carbonyl (C=O) groups excluding carboxylic acids is 2. The van der Waals surface area contributed by atoms with E-state index in [-0.39, 0.29) is 24.8 Å². The van der Waals surface area contributed by atoms with Gasteiger partial charge in [0.25, 0.3) is 5.91 Å². The van der Waals surface area contributed by atoms with E-state index < -0.39 is 5.82 Å². The molecule has 24 heavy (non-hydrogen) atoms. The second kappa shape index (κ2) is 8.49. The smallest absolute Gasteiger partial charge is 0.251 e. The minimum atomic E-state index is -0.397. The van der Waals surface area contributed by atoms with Crippen molar-refractivity contribution in [1.29, 1.82) is 0 Å². The van der Waals surface area contributed by atoms with Crippen LogP contribution in [0.5, 0.6) is 0 Å². The van der Waals surface area contributed by atoms with E-state index in [1.807, 2.05) is 17.9 Å². The van der Waals surface area contributed by atoms with E-state index in [1.54, 1.807) is 6.20 Å². The zero-order valence-corrected chi connectivity index (χ0v) is 14.3. The van der Waals surface area contributed by atoms with E-state index in [4.69, 9.17) is 0 Å². The Labute approximate surface area is 143 Å². The molecule has 0 atom stereocenters. The number of hydrogen-bond donors (Lipinski definition) is 2. The maximum absolute atomic E-state index is 12.8. The Hall–Kier alpha value is -2.35. The zero-order valence-electron chi connectivity index (χ0n) is 13.5. The fraction of sp³-hybridized carbons (Fsp3) is 0.312. The molecule has 0 unspecified atom stereocenters. The minimum absolute atomic E-state index is 0.165. The molecule has 0 aliphatic heterocycles. The lowest BCUT2D eigenvalue weighted by Crippen LogP contribution is -2.30. The lowest BCUT2D eigenvalue weighted by molar-refractivity contribution is -0.121. The second-order valence-corrected chi connectivity index (χ2v) is 5.86. The van der Waals surface area contributed by atoms with E-state index in [0.717, 1.165) is 10.9 Å². The third-order valence-electron chi connectivity index (χ3n) is 3.44. The monoisotopic (exact) mass is 350 g/mol. The van der Waals surface area contributed by atoms with Crippen molar-refractivity contribution >= 4 is 23.6 Å². The van der Waals surface area contributed by atoms with Crippen molar-refractivity contribution < 1.29 is 14.0 Å². The third-order valence-corrected chi connectivity index (χ3v) is 4.18. The summed E-state index contributed by atoms with van der Waals surface area (Å²) in [7, 11) is 1.89. The van der Waals surface area contributed by atoms with E-state index in [2.05, 4.69) is 15.6 Å². The molecule has 1 aromatic heterocycles. The summed E-state index contributed by atoms with van der Waals surface area (Å²) < 4.78 is 14.7. The number of nitrogens with one attached hydrogen (secondary N) is 2. The topological polar surface area (TPSA) is 76.0 Å². The van der Waals surface area contributed by atoms with Gasteiger partial charge in [0.2, 0.25) is 5.91 Å². The first-order chi connectivity index (χ1) is 11.5. The SMILES string of the molecule is CSc1ncc(CNC(=O)CCNC(=O)c2ccc(F)cc2)n1C. The van der Waals surface area contributed by atoms with Crippen LogP contribution in [0, 0.1) is 5.82 Å². The molecule has 1 heterocycles. The molecule has 0 radical (unpaired) electrons. The first kappa shape index (κ1) is 18.0. The van der Waals surface area contributed by atoms with Crippen molar-refractivity contribution in [2.24, 2.45) is 7.05 Å². The van der Waals surface area contributed by atoms with Gasteiger partial charge in [-0.05, 0) is 30.5 Å². The van der Waals surface area contributed by atoms with E-state index >= 15 is 0 Å². The maximum Gasteiger partial charge on any atom is 0.251 e. The number of amides is 2. The number of hydrogen-bond acceptors (Lipinski definition) is 4. The van der Waals surface area contributed by atoms with Crippen LogP contribution in [0.25, 0.3) is 0 Å². The summed E-state index contributed by atoms with van der Waals surface area (Å²) in [6.45, 7) is 0.596. The van der Waals surface area contributed by atoms with Crippen molar-refractivity contribution in [3.63, 3.8) is 0 Å². The van der Waals surface area contributed by atoms with E-state index in [1.165, 1.54) is 36.0 Å². The van der Waals surface area contributed by atoms with Crippen LogP contribution < -0.4 is 10.6 Å². The molecule has 0 fully saturated rings. The van der Waals surface area contributed by atoms with Gasteiger partial charge in [0.1, 0.15) is 5.82 Å². The van der Waals surface area contributed by atoms with Crippen LogP contribution in [-0.4, -0.2) is 34.2 Å². The van der Waals surface area contributed by atoms with Gasteiger partial charge in [-0.1, -0.05) is 11.8 Å². The van der Waals surface area contributed by atoms with Gasteiger partial charge >= 0.3 is 0 Å². The van der Waals surface area contributed by atoms with Crippen molar-refractivity contribution in [3.05, 3.63) is 47.5 Å². The van der Waals surface area contributed by atoms with E-state index in [0.29, 0.717) is 12.1 Å². The molecule has 0 saturated heterocycles. The Balaban J connectivity index is 1.72. The number of imidazole rings is 1. The first-order valence-corrected chi connectivity index (χ1v) is 8.58. The molecule has 2 amide bonds. The molecule has 6 nitrogen and oxygen atoms in total. The molecule has 0 aliphatic carbocycles. The van der Waals surface area contributed by atoms with Crippen molar-refractivity contribution in [3.8, 4) is 0 Å². The van der Waals surface area contributed by atoms with Gasteiger partial charge in [-0.15, -0.1) is 0 Å². The standard InChI is InChI=1S/C16H19FN4O2S/c1-21-13(10-20-16(21)24-2)9-19-14(22)7-8-18-15(23)11-3-5-12(17)6-4-11/h3-6,10H,7-9H2,1-2H3,(H,18,23)(H,19,22). The minimum Gasteiger partial charge on any atom is -0.352 e. The Bertz CT molecular complexity index is 715. The lowest BCUT2D eigenvalue weighted by Gasteiger charge is -2.08. The quantitative estimate of drug-likeness (QED) is 0.746. The van der Waals surface area contributed by atoms with Gasteiger partial charge in [0.15, 0.2) is 5.16 Å². The van der Waals surface area contributed by atoms with E-state index in [9.17, 15) is 14.0 Å². The molecular weight excluding hydrogens is 331 g/mol. The van der Waals surface area contributed by atoms with Crippen molar-refractivity contribution in [2.75, 3.05) is 12.8 Å². The highest BCUT2D eigenvalue weighted by Gasteiger charge is 2.09. The molecule has 2 N–H and O–H groups in total. The Morgan fingerprint density at radius 3 is 2.58 bits per heavy atom. The molecule has 0 aliphatic rings. The number of carbonyl (C=O) groups is 2. The summed E-state index contributed by atoms with van der Waals surface area (Å²) in [6.07, 6.45) is 3.83. The van der Waals surface area contributed by atoms with Gasteiger partial charge in [-0.3, -0.25) is 9.59 Å². The molecule has 128 valence electrons. The van der Waals surface area contributed by atoms with Crippen LogP contribution in [0.3, 0.4) is 0 Å². The van der Waals surface area contributed by atoms with Crippen molar-refractivity contribution in [1.82, 2.24) is 20.2 Å². The lowest BCUT2D eigenvalue weighted by atomic mass is 10.2. The predicted octanol–water partition coefficient (Wildman–Crippen LogP) is 1.72. The molecule has 1 aromatic carbocycles. The highest BCUT2D eigenvalue weighted by molar-refractivity contribution is 7.98. The van der Waals surface area contributed by atoms with Crippen molar-refractivity contribution in [2.45, 2.75) is 18.1 Å². The maximum atomic E-state index is 12.8. The molecular formula is C16H19FN4O2S. The van der Waals surface area contributed by atoms with Crippen LogP contribution >= 0.6 is 11.8 Å². The number of aromatic nitrogens is 2. The zero-order chi connectivity index (χ0) is 17.5. The highest BCUT2D eigenvalue weighted by Crippen LogP contribution is 2.13. The summed E-state index contributed by atoms with van der Waals surface area (Å²) in [5.74, 6) is -0.897. The Morgan fingerprint density at radius 1 is 1.25 bits per heavy atom. The van der Waals surface area contributed by atoms with Crippen LogP contribution in [0.15, 0.2) is 35.6 Å². The van der Waals surface area contributed by atoms with Gasteiger partial charge in [0.05, 0.1) is 18.4 Å². The highest BCUT2D eigenvalue weighted by atomic mass is 32.2. The number of halogens is 1. The van der Waals surface area contributed by atoms with Crippen LogP contribution in [-0.2, 0) is 18.4 Å². The van der Waals surface area contributed by atoms with Crippen LogP contribution in [0.4, 0.5) is 4.39 Å². The average Bonchev–Trinajstić information content (AvgIpc) is 2.93. The number of nitrogens with zero attached hydrogens (tertiary/aromatic N) is 2. The summed E-state index contributed by atoms with van der Waals surface area (Å²) >= 11 is 1.53. The third kappa shape index (κ3) is 4.82. The molecule has 0 spiro atoms. The molecule has 2 aromatic rings. The van der Waals surface area contributed by atoms with Crippen LogP contribution in [0.1, 0.15) is 22.5 Å². The Morgan fingerprint density at radius 2 is 1.96 bits per heavy atom. The summed E-state index contributed by atoms with van der Waals surface area (Å²) in [5, 5.41) is 6.30. The second-order valence-electron chi connectivity index (χ2n) is 5.08. The summed E-state index contributed by atoms with van der Waals surface area (Å²) in [6, 6.07) is 5.24. The van der Waals surface area contributed by atoms with Gasteiger partial charge in [0, 0.05) is 25.6 Å². The average molecular weight is 350 g/mol. The molecule has 0 bridgehead atoms. The molecule has 8 heteroatoms. The predicted molar refractivity (Wildman–Crippen MR) is 90.2 cm³/mol. The number of rotatable bonds is 7. The molecule has 2 rings (SSSR count). The van der Waals surface area contributed by atoms with Crippen LogP contribution in [0.2, 0.25) is 0 Å². The first-order valence-electron chi connectivity index (χ1n) is 7.36. The Kier molecular flexibility index (Phi) is 6.36. The van der Waals surface area contributed by atoms with Gasteiger partial charge < -0.3 is 15.2 Å². The van der Waals surface area contributed by atoms with Gasteiger partial charge in [-0.25, -0.2) is 9.37 Å². The fourth-order valence-electron chi connectivity index (χ4n) is 2.05. The molecule has 0 saturated carbocycles. The largest absolute Gasteiger partial charge is 0.352 e. The summed E-state index contributed by atoms with van der Waals surface area (Å²) in [5.41, 5.74) is 1.26. The number of benzene rings is 1. The number of thioether (sulfide) groups is 1. The summed E-state index contributed by atoms with van der Waals surface area (Å²) in [4.78, 5) is 27.9. The fourth-order valence-corrected chi connectivity index (χ4v) is 2.60.